The van der Waals surface area contributed by atoms with Crippen LogP contribution in [0.4, 0.5) is 5.13 Å². The number of ether oxygens (including phenoxy) is 1. The molecule has 1 atom stereocenters. The Labute approximate surface area is 115 Å². The van der Waals surface area contributed by atoms with E-state index in [9.17, 15) is 4.79 Å². The summed E-state index contributed by atoms with van der Waals surface area (Å²) in [6.07, 6.45) is 3.75. The maximum absolute atomic E-state index is 11.5. The van der Waals surface area contributed by atoms with Crippen molar-refractivity contribution in [3.05, 3.63) is 29.0 Å². The first-order chi connectivity index (χ1) is 9.10. The summed E-state index contributed by atoms with van der Waals surface area (Å²) in [6, 6.07) is 0.0786. The number of carbonyl (C=O) groups is 1. The van der Waals surface area contributed by atoms with Crippen LogP contribution in [-0.4, -0.2) is 27.3 Å². The second-order valence-corrected chi connectivity index (χ2v) is 4.93. The lowest BCUT2D eigenvalue weighted by Gasteiger charge is -2.09. The molecule has 0 aromatic carbocycles. The number of aromatic nitrogens is 3. The van der Waals surface area contributed by atoms with E-state index in [1.807, 2.05) is 20.2 Å². The molecule has 2 rings (SSSR count). The Bertz CT molecular complexity index is 564. The summed E-state index contributed by atoms with van der Waals surface area (Å²) in [6.45, 7) is 4.14. The average molecular weight is 280 g/mol. The minimum absolute atomic E-state index is 0.0786. The van der Waals surface area contributed by atoms with Crippen LogP contribution in [0.1, 0.15) is 35.9 Å². The molecule has 7 heteroatoms. The Morgan fingerprint density at radius 3 is 3.05 bits per heavy atom. The molecule has 19 heavy (non-hydrogen) atoms. The molecule has 0 aliphatic rings. The van der Waals surface area contributed by atoms with Crippen LogP contribution in [0.15, 0.2) is 17.8 Å². The normalized spacial score (nSPS) is 12.2. The zero-order valence-electron chi connectivity index (χ0n) is 11.1. The zero-order chi connectivity index (χ0) is 13.8. The van der Waals surface area contributed by atoms with E-state index in [0.717, 1.165) is 5.56 Å². The van der Waals surface area contributed by atoms with Gasteiger partial charge in [-0.2, -0.15) is 5.10 Å². The van der Waals surface area contributed by atoms with E-state index in [2.05, 4.69) is 15.4 Å². The van der Waals surface area contributed by atoms with Gasteiger partial charge in [0.2, 0.25) is 0 Å². The van der Waals surface area contributed by atoms with Crippen molar-refractivity contribution in [1.29, 1.82) is 0 Å². The van der Waals surface area contributed by atoms with Crippen molar-refractivity contribution < 1.29 is 9.53 Å². The molecule has 2 aromatic rings. The van der Waals surface area contributed by atoms with Gasteiger partial charge < -0.3 is 10.1 Å². The topological polar surface area (TPSA) is 69.0 Å². The van der Waals surface area contributed by atoms with Crippen molar-refractivity contribution in [3.63, 3.8) is 0 Å². The van der Waals surface area contributed by atoms with Gasteiger partial charge in [0.15, 0.2) is 10.8 Å². The molecule has 0 spiro atoms. The Balaban J connectivity index is 2.01. The molecule has 0 aliphatic heterocycles. The zero-order valence-corrected chi connectivity index (χ0v) is 11.9. The molecule has 0 amide bonds. The summed E-state index contributed by atoms with van der Waals surface area (Å²) in [5.74, 6) is -0.388. The summed E-state index contributed by atoms with van der Waals surface area (Å²) < 4.78 is 6.65. The first-order valence-electron chi connectivity index (χ1n) is 5.98. The van der Waals surface area contributed by atoms with Crippen LogP contribution in [0.2, 0.25) is 0 Å². The number of rotatable bonds is 5. The van der Waals surface area contributed by atoms with Gasteiger partial charge in [0.25, 0.3) is 0 Å². The molecular weight excluding hydrogens is 264 g/mol. The highest BCUT2D eigenvalue weighted by Crippen LogP contribution is 2.22. The fourth-order valence-electron chi connectivity index (χ4n) is 1.57. The number of aryl methyl sites for hydroxylation is 1. The quantitative estimate of drug-likeness (QED) is 0.850. The van der Waals surface area contributed by atoms with Crippen molar-refractivity contribution in [1.82, 2.24) is 14.8 Å². The lowest BCUT2D eigenvalue weighted by atomic mass is 10.2. The Morgan fingerprint density at radius 2 is 2.42 bits per heavy atom. The van der Waals surface area contributed by atoms with Crippen LogP contribution in [0.3, 0.4) is 0 Å². The van der Waals surface area contributed by atoms with Crippen LogP contribution in [0.25, 0.3) is 0 Å². The maximum Gasteiger partial charge on any atom is 0.357 e. The summed E-state index contributed by atoms with van der Waals surface area (Å²) in [5.41, 5.74) is 1.41. The molecule has 0 aliphatic carbocycles. The molecule has 102 valence electrons. The Morgan fingerprint density at radius 1 is 1.63 bits per heavy atom. The average Bonchev–Trinajstić information content (AvgIpc) is 2.98. The molecular formula is C12H16N4O2S. The fourth-order valence-corrected chi connectivity index (χ4v) is 2.34. The highest BCUT2D eigenvalue weighted by Gasteiger charge is 2.14. The van der Waals surface area contributed by atoms with E-state index in [4.69, 9.17) is 4.74 Å². The van der Waals surface area contributed by atoms with E-state index in [1.165, 1.54) is 11.3 Å². The number of esters is 1. The van der Waals surface area contributed by atoms with Crippen LogP contribution >= 0.6 is 11.3 Å². The number of carbonyl (C=O) groups excluding carboxylic acids is 1. The Hall–Kier alpha value is -1.89. The Kier molecular flexibility index (Phi) is 4.16. The monoisotopic (exact) mass is 280 g/mol. The predicted molar refractivity (Wildman–Crippen MR) is 73.3 cm³/mol. The molecule has 0 fully saturated rings. The second kappa shape index (κ2) is 5.83. The molecule has 0 saturated heterocycles. The summed E-state index contributed by atoms with van der Waals surface area (Å²) in [7, 11) is 1.87. The van der Waals surface area contributed by atoms with Gasteiger partial charge in [-0.3, -0.25) is 4.68 Å². The predicted octanol–water partition coefficient (Wildman–Crippen LogP) is 2.23. The molecule has 2 heterocycles. The van der Waals surface area contributed by atoms with Crippen molar-refractivity contribution >= 4 is 22.4 Å². The summed E-state index contributed by atoms with van der Waals surface area (Å²) in [5, 5.41) is 9.74. The van der Waals surface area contributed by atoms with Crippen LogP contribution in [0.5, 0.6) is 0 Å². The molecule has 1 unspecified atom stereocenters. The van der Waals surface area contributed by atoms with Crippen molar-refractivity contribution in [2.75, 3.05) is 11.9 Å². The van der Waals surface area contributed by atoms with E-state index in [0.29, 0.717) is 17.4 Å². The summed E-state index contributed by atoms with van der Waals surface area (Å²) >= 11 is 1.38. The molecule has 0 bridgehead atoms. The lowest BCUT2D eigenvalue weighted by molar-refractivity contribution is 0.0520. The summed E-state index contributed by atoms with van der Waals surface area (Å²) in [4.78, 5) is 15.7. The second-order valence-electron chi connectivity index (χ2n) is 4.07. The van der Waals surface area contributed by atoms with Crippen molar-refractivity contribution in [3.8, 4) is 0 Å². The third-order valence-electron chi connectivity index (χ3n) is 2.55. The number of thiazole rings is 1. The van der Waals surface area contributed by atoms with E-state index in [-0.39, 0.29) is 12.0 Å². The van der Waals surface area contributed by atoms with Gasteiger partial charge in [0.05, 0.1) is 18.8 Å². The number of nitrogens with one attached hydrogen (secondary N) is 1. The third kappa shape index (κ3) is 3.31. The fraction of sp³-hybridized carbons (Fsp3) is 0.417. The van der Waals surface area contributed by atoms with Gasteiger partial charge in [-0.05, 0) is 13.8 Å². The minimum Gasteiger partial charge on any atom is -0.461 e. The van der Waals surface area contributed by atoms with E-state index in [1.54, 1.807) is 23.2 Å². The van der Waals surface area contributed by atoms with E-state index >= 15 is 0 Å². The van der Waals surface area contributed by atoms with Gasteiger partial charge in [-0.15, -0.1) is 11.3 Å². The van der Waals surface area contributed by atoms with Crippen LogP contribution < -0.4 is 5.32 Å². The standard InChI is InChI=1S/C12H16N4O2S/c1-4-18-11(17)10-7-19-12(15-10)14-8(2)9-5-13-16(3)6-9/h5-8H,4H2,1-3H3,(H,14,15). The van der Waals surface area contributed by atoms with Crippen molar-refractivity contribution in [2.45, 2.75) is 19.9 Å². The molecule has 0 saturated carbocycles. The highest BCUT2D eigenvalue weighted by atomic mass is 32.1. The number of anilines is 1. The number of hydrogen-bond donors (Lipinski definition) is 1. The first-order valence-corrected chi connectivity index (χ1v) is 6.86. The largest absolute Gasteiger partial charge is 0.461 e. The van der Waals surface area contributed by atoms with Crippen LogP contribution in [-0.2, 0) is 11.8 Å². The molecule has 2 aromatic heterocycles. The van der Waals surface area contributed by atoms with Gasteiger partial charge >= 0.3 is 5.97 Å². The molecule has 0 radical (unpaired) electrons. The van der Waals surface area contributed by atoms with Gasteiger partial charge in [0.1, 0.15) is 0 Å². The number of nitrogens with zero attached hydrogens (tertiary/aromatic N) is 3. The van der Waals surface area contributed by atoms with Crippen molar-refractivity contribution in [2.24, 2.45) is 7.05 Å². The van der Waals surface area contributed by atoms with Gasteiger partial charge in [0, 0.05) is 24.2 Å². The SMILES string of the molecule is CCOC(=O)c1csc(NC(C)c2cnn(C)c2)n1. The maximum atomic E-state index is 11.5. The minimum atomic E-state index is -0.388. The molecule has 6 nitrogen and oxygen atoms in total. The lowest BCUT2D eigenvalue weighted by Crippen LogP contribution is -2.08. The molecule has 1 N–H and O–H groups in total. The highest BCUT2D eigenvalue weighted by molar-refractivity contribution is 7.13. The van der Waals surface area contributed by atoms with Gasteiger partial charge in [-0.1, -0.05) is 0 Å². The first kappa shape index (κ1) is 13.5. The van der Waals surface area contributed by atoms with Gasteiger partial charge in [-0.25, -0.2) is 9.78 Å². The number of hydrogen-bond acceptors (Lipinski definition) is 6. The smallest absolute Gasteiger partial charge is 0.357 e. The van der Waals surface area contributed by atoms with Crippen LogP contribution in [0, 0.1) is 0 Å². The third-order valence-corrected chi connectivity index (χ3v) is 3.33. The van der Waals surface area contributed by atoms with E-state index < -0.39 is 0 Å².